The Hall–Kier alpha value is -0.740. The van der Waals surface area contributed by atoms with E-state index in [0.29, 0.717) is 0 Å². The van der Waals surface area contributed by atoms with Gasteiger partial charge in [-0.2, -0.15) is 0 Å². The molecule has 13 heavy (non-hydrogen) atoms. The number of nitrogens with one attached hydrogen (secondary N) is 1. The zero-order valence-corrected chi connectivity index (χ0v) is 9.28. The van der Waals surface area contributed by atoms with Gasteiger partial charge >= 0.3 is 0 Å². The Labute approximate surface area is 82.6 Å². The van der Waals surface area contributed by atoms with Gasteiger partial charge < -0.3 is 5.32 Å². The van der Waals surface area contributed by atoms with Gasteiger partial charge in [-0.05, 0) is 40.7 Å². The molecule has 74 valence electrons. The molecule has 0 amide bonds. The summed E-state index contributed by atoms with van der Waals surface area (Å²) in [5.74, 6) is 2.64. The summed E-state index contributed by atoms with van der Waals surface area (Å²) < 4.78 is 0. The van der Waals surface area contributed by atoms with Gasteiger partial charge in [-0.1, -0.05) is 11.6 Å². The van der Waals surface area contributed by atoms with Gasteiger partial charge in [0.15, 0.2) is 0 Å². The van der Waals surface area contributed by atoms with Crippen LogP contribution in [-0.4, -0.2) is 12.1 Å². The van der Waals surface area contributed by atoms with E-state index >= 15 is 0 Å². The monoisotopic (exact) mass is 179 g/mol. The normalized spacial score (nSPS) is 12.7. The lowest BCUT2D eigenvalue weighted by molar-refractivity contribution is 0.431. The van der Waals surface area contributed by atoms with Gasteiger partial charge in [0.05, 0.1) is 0 Å². The second-order valence-electron chi connectivity index (χ2n) is 4.40. The topological polar surface area (TPSA) is 12.0 Å². The molecule has 1 N–H and O–H groups in total. The zero-order valence-electron chi connectivity index (χ0n) is 9.28. The highest BCUT2D eigenvalue weighted by molar-refractivity contribution is 5.07. The van der Waals surface area contributed by atoms with Crippen molar-refractivity contribution in [3.05, 3.63) is 11.6 Å². The maximum absolute atomic E-state index is 5.20. The maximum atomic E-state index is 5.20. The molecule has 0 unspecified atom stereocenters. The summed E-state index contributed by atoms with van der Waals surface area (Å²) in [6.07, 6.45) is 9.24. The van der Waals surface area contributed by atoms with Crippen LogP contribution in [0.4, 0.5) is 0 Å². The molecule has 0 aromatic carbocycles. The minimum atomic E-state index is 0.216. The van der Waals surface area contributed by atoms with Gasteiger partial charge in [0, 0.05) is 12.0 Å². The molecular weight excluding hydrogens is 158 g/mol. The molecule has 0 spiro atoms. The van der Waals surface area contributed by atoms with Crippen molar-refractivity contribution in [3.63, 3.8) is 0 Å². The van der Waals surface area contributed by atoms with Gasteiger partial charge in [0.25, 0.3) is 0 Å². The van der Waals surface area contributed by atoms with E-state index in [4.69, 9.17) is 6.42 Å². The molecule has 0 saturated heterocycles. The summed E-state index contributed by atoms with van der Waals surface area (Å²) in [6.45, 7) is 9.61. The average Bonchev–Trinajstić information content (AvgIpc) is 1.97. The van der Waals surface area contributed by atoms with E-state index in [1.807, 2.05) is 0 Å². The molecule has 0 fully saturated rings. The summed E-state index contributed by atoms with van der Waals surface area (Å²) in [6, 6.07) is 0. The van der Waals surface area contributed by atoms with Crippen molar-refractivity contribution >= 4 is 0 Å². The molecule has 0 radical (unpaired) electrons. The Morgan fingerprint density at radius 2 is 2.08 bits per heavy atom. The predicted octanol–water partition coefficient (Wildman–Crippen LogP) is 2.73. The van der Waals surface area contributed by atoms with Gasteiger partial charge in [-0.25, -0.2) is 0 Å². The number of hydrogen-bond donors (Lipinski definition) is 1. The van der Waals surface area contributed by atoms with Crippen LogP contribution in [0, 0.1) is 12.3 Å². The van der Waals surface area contributed by atoms with Crippen LogP contribution in [0.2, 0.25) is 0 Å². The summed E-state index contributed by atoms with van der Waals surface area (Å²) in [5, 5.41) is 3.42. The lowest BCUT2D eigenvalue weighted by Crippen LogP contribution is -2.36. The standard InChI is InChI=1S/C12H21N/c1-6-8-11(2)9-7-10-13-12(3,4)5/h1,9,13H,7-8,10H2,2-5H3. The minimum Gasteiger partial charge on any atom is -0.312 e. The Morgan fingerprint density at radius 3 is 2.54 bits per heavy atom. The fourth-order valence-corrected chi connectivity index (χ4v) is 0.999. The summed E-state index contributed by atoms with van der Waals surface area (Å²) >= 11 is 0. The van der Waals surface area contributed by atoms with Crippen molar-refractivity contribution in [2.75, 3.05) is 6.54 Å². The van der Waals surface area contributed by atoms with E-state index in [1.165, 1.54) is 5.57 Å². The van der Waals surface area contributed by atoms with Gasteiger partial charge in [-0.3, -0.25) is 0 Å². The van der Waals surface area contributed by atoms with Crippen LogP contribution >= 0.6 is 0 Å². The van der Waals surface area contributed by atoms with Crippen LogP contribution < -0.4 is 5.32 Å². The van der Waals surface area contributed by atoms with Crippen LogP contribution in [-0.2, 0) is 0 Å². The van der Waals surface area contributed by atoms with E-state index < -0.39 is 0 Å². The minimum absolute atomic E-state index is 0.216. The van der Waals surface area contributed by atoms with E-state index in [0.717, 1.165) is 19.4 Å². The first-order valence-corrected chi connectivity index (χ1v) is 4.80. The second-order valence-corrected chi connectivity index (χ2v) is 4.40. The average molecular weight is 179 g/mol. The molecule has 0 atom stereocenters. The molecule has 0 saturated carbocycles. The van der Waals surface area contributed by atoms with Crippen molar-refractivity contribution in [2.24, 2.45) is 0 Å². The van der Waals surface area contributed by atoms with Crippen LogP contribution in [0.5, 0.6) is 0 Å². The summed E-state index contributed by atoms with van der Waals surface area (Å²) in [7, 11) is 0. The van der Waals surface area contributed by atoms with Crippen LogP contribution in [0.3, 0.4) is 0 Å². The third kappa shape index (κ3) is 9.17. The van der Waals surface area contributed by atoms with Crippen molar-refractivity contribution < 1.29 is 0 Å². The first kappa shape index (κ1) is 12.3. The lowest BCUT2D eigenvalue weighted by Gasteiger charge is -2.19. The second kappa shape index (κ2) is 5.83. The SMILES string of the molecule is C#CCC(C)=CCCNC(C)(C)C. The number of hydrogen-bond acceptors (Lipinski definition) is 1. The van der Waals surface area contributed by atoms with Crippen molar-refractivity contribution in [3.8, 4) is 12.3 Å². The molecular formula is C12H21N. The molecule has 0 aliphatic carbocycles. The molecule has 0 aromatic rings. The number of terminal acetylenes is 1. The molecule has 0 aliphatic heterocycles. The highest BCUT2D eigenvalue weighted by Gasteiger charge is 2.06. The quantitative estimate of drug-likeness (QED) is 0.397. The van der Waals surface area contributed by atoms with Crippen molar-refractivity contribution in [1.82, 2.24) is 5.32 Å². The Kier molecular flexibility index (Phi) is 5.50. The molecule has 1 nitrogen and oxygen atoms in total. The first-order valence-electron chi connectivity index (χ1n) is 4.80. The van der Waals surface area contributed by atoms with Gasteiger partial charge in [0.2, 0.25) is 0 Å². The smallest absolute Gasteiger partial charge is 0.0293 e. The molecule has 0 bridgehead atoms. The van der Waals surface area contributed by atoms with E-state index in [-0.39, 0.29) is 5.54 Å². The molecule has 1 heteroatoms. The summed E-state index contributed by atoms with van der Waals surface area (Å²) in [4.78, 5) is 0. The van der Waals surface area contributed by atoms with Gasteiger partial charge in [-0.15, -0.1) is 12.3 Å². The predicted molar refractivity (Wildman–Crippen MR) is 59.6 cm³/mol. The third-order valence-corrected chi connectivity index (χ3v) is 1.67. The Bertz CT molecular complexity index is 200. The van der Waals surface area contributed by atoms with Crippen molar-refractivity contribution in [1.29, 1.82) is 0 Å². The van der Waals surface area contributed by atoms with Crippen molar-refractivity contribution in [2.45, 2.75) is 46.1 Å². The van der Waals surface area contributed by atoms with Crippen LogP contribution in [0.15, 0.2) is 11.6 Å². The molecule has 0 heterocycles. The molecule has 0 aromatic heterocycles. The maximum Gasteiger partial charge on any atom is 0.0293 e. The van der Waals surface area contributed by atoms with E-state index in [2.05, 4.69) is 45.0 Å². The first-order chi connectivity index (χ1) is 5.95. The van der Waals surface area contributed by atoms with Crippen LogP contribution in [0.1, 0.15) is 40.5 Å². The molecule has 0 rings (SSSR count). The Balaban J connectivity index is 3.57. The summed E-state index contributed by atoms with van der Waals surface area (Å²) in [5.41, 5.74) is 1.51. The van der Waals surface area contributed by atoms with E-state index in [1.54, 1.807) is 0 Å². The number of allylic oxidation sites excluding steroid dienone is 1. The van der Waals surface area contributed by atoms with Gasteiger partial charge in [0.1, 0.15) is 0 Å². The van der Waals surface area contributed by atoms with Crippen LogP contribution in [0.25, 0.3) is 0 Å². The fraction of sp³-hybridized carbons (Fsp3) is 0.667. The number of rotatable bonds is 4. The fourth-order valence-electron chi connectivity index (χ4n) is 0.999. The lowest BCUT2D eigenvalue weighted by atomic mass is 10.1. The highest BCUT2D eigenvalue weighted by atomic mass is 14.9. The highest BCUT2D eigenvalue weighted by Crippen LogP contribution is 2.01. The third-order valence-electron chi connectivity index (χ3n) is 1.67. The molecule has 0 aliphatic rings. The zero-order chi connectivity index (χ0) is 10.3. The largest absolute Gasteiger partial charge is 0.312 e. The van der Waals surface area contributed by atoms with E-state index in [9.17, 15) is 0 Å². The Morgan fingerprint density at radius 1 is 1.46 bits per heavy atom.